The largest absolute Gasteiger partial charge is 0.361 e. The molecule has 4 aromatic rings. The number of H-pyrrole nitrogens is 2. The van der Waals surface area contributed by atoms with Crippen LogP contribution in [0.3, 0.4) is 0 Å². The molecule has 2 N–H and O–H groups in total. The number of nitro groups is 2. The van der Waals surface area contributed by atoms with Crippen LogP contribution in [0.15, 0.2) is 60.9 Å². The summed E-state index contributed by atoms with van der Waals surface area (Å²) in [5, 5.41) is 22.5. The number of nitrogens with zero attached hydrogens (tertiary/aromatic N) is 2. The Kier molecular flexibility index (Phi) is 3.94. The second-order valence-corrected chi connectivity index (χ2v) is 5.01. The quantitative estimate of drug-likeness (QED) is 0.425. The lowest BCUT2D eigenvalue weighted by atomic mass is 10.2. The van der Waals surface area contributed by atoms with Crippen LogP contribution in [0.1, 0.15) is 0 Å². The molecule has 0 aliphatic heterocycles. The van der Waals surface area contributed by atoms with Gasteiger partial charge in [0.15, 0.2) is 0 Å². The molecular weight excluding hydrogens is 312 g/mol. The fraction of sp³-hybridized carbons (Fsp3) is 0. The minimum atomic E-state index is -0.396. The van der Waals surface area contributed by atoms with Crippen LogP contribution in [0.25, 0.3) is 21.8 Å². The summed E-state index contributed by atoms with van der Waals surface area (Å²) in [5.74, 6) is 0. The van der Waals surface area contributed by atoms with Crippen molar-refractivity contribution in [2.45, 2.75) is 0 Å². The van der Waals surface area contributed by atoms with E-state index in [4.69, 9.17) is 0 Å². The van der Waals surface area contributed by atoms with Crippen LogP contribution in [0.4, 0.5) is 11.4 Å². The van der Waals surface area contributed by atoms with Gasteiger partial charge >= 0.3 is 0 Å². The molecule has 0 saturated heterocycles. The van der Waals surface area contributed by atoms with Crippen molar-refractivity contribution in [2.75, 3.05) is 0 Å². The van der Waals surface area contributed by atoms with Gasteiger partial charge in [0.05, 0.1) is 9.85 Å². The molecule has 2 aromatic heterocycles. The molecule has 120 valence electrons. The average Bonchev–Trinajstić information content (AvgIpc) is 3.22. The fourth-order valence-electron chi connectivity index (χ4n) is 2.31. The maximum Gasteiger partial charge on any atom is 0.270 e. The van der Waals surface area contributed by atoms with Crippen LogP contribution in [0.5, 0.6) is 0 Å². The maximum absolute atomic E-state index is 10.4. The van der Waals surface area contributed by atoms with Crippen LogP contribution in [-0.4, -0.2) is 19.8 Å². The highest BCUT2D eigenvalue weighted by Gasteiger charge is 2.06. The third-order valence-corrected chi connectivity index (χ3v) is 3.50. The molecule has 0 radical (unpaired) electrons. The molecule has 0 aliphatic rings. The first-order chi connectivity index (χ1) is 11.5. The summed E-state index contributed by atoms with van der Waals surface area (Å²) in [6.07, 6.45) is 3.52. The van der Waals surface area contributed by atoms with E-state index < -0.39 is 9.85 Å². The molecular formula is C16H12N4O4. The Morgan fingerprint density at radius 3 is 1.46 bits per heavy atom. The molecule has 8 nitrogen and oxygen atoms in total. The van der Waals surface area contributed by atoms with E-state index in [2.05, 4.69) is 9.97 Å². The Morgan fingerprint density at radius 2 is 1.08 bits per heavy atom. The van der Waals surface area contributed by atoms with Gasteiger partial charge in [0.1, 0.15) is 0 Å². The first-order valence-corrected chi connectivity index (χ1v) is 6.97. The zero-order chi connectivity index (χ0) is 17.1. The van der Waals surface area contributed by atoms with Crippen LogP contribution < -0.4 is 0 Å². The van der Waals surface area contributed by atoms with Crippen molar-refractivity contribution < 1.29 is 9.85 Å². The van der Waals surface area contributed by atoms with Gasteiger partial charge in [-0.15, -0.1) is 0 Å². The van der Waals surface area contributed by atoms with E-state index >= 15 is 0 Å². The van der Waals surface area contributed by atoms with Crippen LogP contribution >= 0.6 is 0 Å². The first-order valence-electron chi connectivity index (χ1n) is 6.97. The standard InChI is InChI=1S/2C8H6N2O2/c2*11-10(12)7-1-2-8-6(5-7)3-4-9-8/h2*1-5,9H. The van der Waals surface area contributed by atoms with Gasteiger partial charge in [0.2, 0.25) is 0 Å². The second-order valence-electron chi connectivity index (χ2n) is 5.01. The summed E-state index contributed by atoms with van der Waals surface area (Å²) < 4.78 is 0. The van der Waals surface area contributed by atoms with E-state index in [0.717, 1.165) is 21.8 Å². The minimum Gasteiger partial charge on any atom is -0.361 e. The smallest absolute Gasteiger partial charge is 0.270 e. The van der Waals surface area contributed by atoms with Gasteiger partial charge in [-0.1, -0.05) is 0 Å². The summed E-state index contributed by atoms with van der Waals surface area (Å²) >= 11 is 0. The summed E-state index contributed by atoms with van der Waals surface area (Å²) in [4.78, 5) is 25.9. The highest BCUT2D eigenvalue weighted by atomic mass is 16.6. The molecule has 24 heavy (non-hydrogen) atoms. The molecule has 2 heterocycles. The van der Waals surface area contributed by atoms with Gasteiger partial charge in [-0.3, -0.25) is 20.2 Å². The molecule has 4 rings (SSSR count). The molecule has 0 unspecified atom stereocenters. The van der Waals surface area contributed by atoms with Crippen molar-refractivity contribution in [3.05, 3.63) is 81.2 Å². The van der Waals surface area contributed by atoms with Crippen LogP contribution in [-0.2, 0) is 0 Å². The zero-order valence-electron chi connectivity index (χ0n) is 12.3. The number of aromatic nitrogens is 2. The number of benzene rings is 2. The van der Waals surface area contributed by atoms with Crippen molar-refractivity contribution in [3.63, 3.8) is 0 Å². The summed E-state index contributed by atoms with van der Waals surface area (Å²) in [7, 11) is 0. The molecule has 0 amide bonds. The van der Waals surface area contributed by atoms with Crippen molar-refractivity contribution in [1.29, 1.82) is 0 Å². The van der Waals surface area contributed by atoms with E-state index in [1.807, 2.05) is 12.1 Å². The SMILES string of the molecule is O=[N+]([O-])c1ccc2[nH]ccc2c1.O=[N+]([O-])c1ccc2[nH]ccc2c1. The molecule has 0 saturated carbocycles. The van der Waals surface area contributed by atoms with Crippen molar-refractivity contribution >= 4 is 33.2 Å². The van der Waals surface area contributed by atoms with Gasteiger partial charge in [-0.25, -0.2) is 0 Å². The number of nitrogens with one attached hydrogen (secondary N) is 2. The molecule has 0 atom stereocenters. The second kappa shape index (κ2) is 6.21. The summed E-state index contributed by atoms with van der Waals surface area (Å²) in [6, 6.07) is 13.1. The zero-order valence-corrected chi connectivity index (χ0v) is 12.3. The van der Waals surface area contributed by atoms with Crippen molar-refractivity contribution in [1.82, 2.24) is 9.97 Å². The lowest BCUT2D eigenvalue weighted by Crippen LogP contribution is -1.86. The monoisotopic (exact) mass is 324 g/mol. The van der Waals surface area contributed by atoms with E-state index in [-0.39, 0.29) is 11.4 Å². The number of hydrogen-bond donors (Lipinski definition) is 2. The third kappa shape index (κ3) is 3.07. The van der Waals surface area contributed by atoms with Gasteiger partial charge in [-0.05, 0) is 24.3 Å². The van der Waals surface area contributed by atoms with Gasteiger partial charge in [0, 0.05) is 58.5 Å². The number of fused-ring (bicyclic) bond motifs is 2. The Bertz CT molecular complexity index is 951. The molecule has 0 fully saturated rings. The van der Waals surface area contributed by atoms with Crippen LogP contribution in [0, 0.1) is 20.2 Å². The first kappa shape index (κ1) is 15.2. The fourth-order valence-corrected chi connectivity index (χ4v) is 2.31. The molecule has 0 aliphatic carbocycles. The van der Waals surface area contributed by atoms with E-state index in [9.17, 15) is 20.2 Å². The molecule has 8 heteroatoms. The van der Waals surface area contributed by atoms with Gasteiger partial charge < -0.3 is 9.97 Å². The Morgan fingerprint density at radius 1 is 0.667 bits per heavy atom. The van der Waals surface area contributed by atoms with Gasteiger partial charge in [-0.2, -0.15) is 0 Å². The number of aromatic amines is 2. The Balaban J connectivity index is 0.000000141. The minimum absolute atomic E-state index is 0.127. The number of hydrogen-bond acceptors (Lipinski definition) is 4. The molecule has 0 spiro atoms. The summed E-state index contributed by atoms with van der Waals surface area (Å²) in [5.41, 5.74) is 2.09. The Hall–Kier alpha value is -3.68. The summed E-state index contributed by atoms with van der Waals surface area (Å²) in [6.45, 7) is 0. The van der Waals surface area contributed by atoms with Crippen molar-refractivity contribution in [2.24, 2.45) is 0 Å². The topological polar surface area (TPSA) is 118 Å². The van der Waals surface area contributed by atoms with E-state index in [1.165, 1.54) is 12.1 Å². The van der Waals surface area contributed by atoms with E-state index in [0.29, 0.717) is 0 Å². The predicted octanol–water partition coefficient (Wildman–Crippen LogP) is 4.15. The Labute approximate surface area is 135 Å². The van der Waals surface area contributed by atoms with Gasteiger partial charge in [0.25, 0.3) is 11.4 Å². The third-order valence-electron chi connectivity index (χ3n) is 3.50. The average molecular weight is 324 g/mol. The lowest BCUT2D eigenvalue weighted by molar-refractivity contribution is -0.384. The number of non-ortho nitro benzene ring substituents is 2. The van der Waals surface area contributed by atoms with Crippen LogP contribution in [0.2, 0.25) is 0 Å². The highest BCUT2D eigenvalue weighted by molar-refractivity contribution is 5.82. The molecule has 2 aromatic carbocycles. The normalized spacial score (nSPS) is 10.3. The number of nitro benzene ring substituents is 2. The highest BCUT2D eigenvalue weighted by Crippen LogP contribution is 2.19. The lowest BCUT2D eigenvalue weighted by Gasteiger charge is -1.90. The number of rotatable bonds is 2. The maximum atomic E-state index is 10.4. The van der Waals surface area contributed by atoms with E-state index in [1.54, 1.807) is 36.7 Å². The molecule has 0 bridgehead atoms. The predicted molar refractivity (Wildman–Crippen MR) is 89.9 cm³/mol. The van der Waals surface area contributed by atoms with Crippen molar-refractivity contribution in [3.8, 4) is 0 Å².